The first-order valence-corrected chi connectivity index (χ1v) is 5.50. The average Bonchev–Trinajstić information content (AvgIpc) is 2.36. The number of esters is 1. The Morgan fingerprint density at radius 2 is 1.88 bits per heavy atom. The van der Waals surface area contributed by atoms with Gasteiger partial charge in [0.15, 0.2) is 0 Å². The van der Waals surface area contributed by atoms with Gasteiger partial charge in [0.05, 0.1) is 14.2 Å². The molecule has 1 unspecified atom stereocenters. The summed E-state index contributed by atoms with van der Waals surface area (Å²) in [5, 5.41) is 0. The molecule has 0 aromatic heterocycles. The van der Waals surface area contributed by atoms with E-state index in [2.05, 4.69) is 4.74 Å². The lowest BCUT2D eigenvalue weighted by molar-refractivity contribution is -0.146. The van der Waals surface area contributed by atoms with Crippen LogP contribution in [0.2, 0.25) is 0 Å². The predicted octanol–water partition coefficient (Wildman–Crippen LogP) is 1.52. The smallest absolute Gasteiger partial charge is 0.325 e. The molecule has 0 aliphatic rings. The van der Waals surface area contributed by atoms with Gasteiger partial charge in [-0.3, -0.25) is 4.79 Å². The lowest BCUT2D eigenvalue weighted by atomic mass is 9.94. The molecule has 94 valence electrons. The molecular weight excluding hydrogens is 218 g/mol. The highest BCUT2D eigenvalue weighted by atomic mass is 16.5. The van der Waals surface area contributed by atoms with Crippen LogP contribution in [0.4, 0.5) is 0 Å². The van der Waals surface area contributed by atoms with Crippen LogP contribution in [0, 0.1) is 0 Å². The topological polar surface area (TPSA) is 61.5 Å². The van der Waals surface area contributed by atoms with Crippen molar-refractivity contribution in [3.05, 3.63) is 29.8 Å². The minimum Gasteiger partial charge on any atom is -0.497 e. The number of hydrogen-bond acceptors (Lipinski definition) is 4. The Morgan fingerprint density at radius 3 is 2.35 bits per heavy atom. The molecule has 0 aliphatic heterocycles. The third-order valence-electron chi connectivity index (χ3n) is 2.74. The van der Waals surface area contributed by atoms with Gasteiger partial charge in [-0.2, -0.15) is 0 Å². The Morgan fingerprint density at radius 1 is 1.29 bits per heavy atom. The van der Waals surface area contributed by atoms with E-state index in [1.807, 2.05) is 24.3 Å². The fraction of sp³-hybridized carbons (Fsp3) is 0.462. The van der Waals surface area contributed by atoms with Crippen molar-refractivity contribution in [2.24, 2.45) is 5.73 Å². The van der Waals surface area contributed by atoms with Crippen LogP contribution in [-0.2, 0) is 16.0 Å². The highest BCUT2D eigenvalue weighted by Gasteiger charge is 2.28. The van der Waals surface area contributed by atoms with Gasteiger partial charge in [0.1, 0.15) is 11.3 Å². The van der Waals surface area contributed by atoms with E-state index in [-0.39, 0.29) is 5.97 Å². The highest BCUT2D eigenvalue weighted by molar-refractivity contribution is 5.79. The van der Waals surface area contributed by atoms with Gasteiger partial charge >= 0.3 is 5.97 Å². The van der Waals surface area contributed by atoms with Crippen LogP contribution in [0.15, 0.2) is 24.3 Å². The molecule has 0 heterocycles. The molecule has 4 heteroatoms. The van der Waals surface area contributed by atoms with Crippen LogP contribution in [-0.4, -0.2) is 25.7 Å². The van der Waals surface area contributed by atoms with Crippen LogP contribution in [0.5, 0.6) is 5.75 Å². The minimum absolute atomic E-state index is 0.383. The standard InChI is InChI=1S/C13H19NO3/c1-13(14,12(15)17-3)9-8-10-4-6-11(16-2)7-5-10/h4-7H,8-9,14H2,1-3H3. The first kappa shape index (κ1) is 13.5. The Kier molecular flexibility index (Phi) is 4.52. The van der Waals surface area contributed by atoms with Gasteiger partial charge < -0.3 is 15.2 Å². The lowest BCUT2D eigenvalue weighted by Crippen LogP contribution is -2.46. The van der Waals surface area contributed by atoms with Gasteiger partial charge in [-0.15, -0.1) is 0 Å². The van der Waals surface area contributed by atoms with Crippen molar-refractivity contribution in [2.75, 3.05) is 14.2 Å². The van der Waals surface area contributed by atoms with Gasteiger partial charge in [-0.25, -0.2) is 0 Å². The molecule has 0 spiro atoms. The Labute approximate surface area is 102 Å². The molecule has 1 aromatic carbocycles. The van der Waals surface area contributed by atoms with Crippen molar-refractivity contribution < 1.29 is 14.3 Å². The number of rotatable bonds is 5. The van der Waals surface area contributed by atoms with E-state index in [4.69, 9.17) is 10.5 Å². The van der Waals surface area contributed by atoms with Crippen molar-refractivity contribution in [3.63, 3.8) is 0 Å². The van der Waals surface area contributed by atoms with E-state index >= 15 is 0 Å². The van der Waals surface area contributed by atoms with Crippen molar-refractivity contribution >= 4 is 5.97 Å². The summed E-state index contributed by atoms with van der Waals surface area (Å²) >= 11 is 0. The quantitative estimate of drug-likeness (QED) is 0.789. The summed E-state index contributed by atoms with van der Waals surface area (Å²) < 4.78 is 9.73. The maximum atomic E-state index is 11.4. The van der Waals surface area contributed by atoms with E-state index in [1.165, 1.54) is 7.11 Å². The van der Waals surface area contributed by atoms with E-state index in [0.717, 1.165) is 17.7 Å². The number of methoxy groups -OCH3 is 2. The second kappa shape index (κ2) is 5.68. The van der Waals surface area contributed by atoms with Crippen LogP contribution in [0.25, 0.3) is 0 Å². The zero-order chi connectivity index (χ0) is 12.9. The highest BCUT2D eigenvalue weighted by Crippen LogP contribution is 2.16. The van der Waals surface area contributed by atoms with Crippen molar-refractivity contribution in [1.29, 1.82) is 0 Å². The number of hydrogen-bond donors (Lipinski definition) is 1. The third kappa shape index (κ3) is 3.75. The Bertz CT molecular complexity index is 371. The molecule has 0 saturated heterocycles. The monoisotopic (exact) mass is 237 g/mol. The zero-order valence-corrected chi connectivity index (χ0v) is 10.5. The molecule has 0 aliphatic carbocycles. The molecule has 0 saturated carbocycles. The summed E-state index contributed by atoms with van der Waals surface area (Å²) in [6.45, 7) is 1.68. The molecule has 0 fully saturated rings. The molecule has 1 rings (SSSR count). The number of aryl methyl sites for hydroxylation is 1. The van der Waals surface area contributed by atoms with Crippen molar-refractivity contribution in [2.45, 2.75) is 25.3 Å². The van der Waals surface area contributed by atoms with Gasteiger partial charge in [-0.05, 0) is 37.5 Å². The zero-order valence-electron chi connectivity index (χ0n) is 10.5. The average molecular weight is 237 g/mol. The largest absolute Gasteiger partial charge is 0.497 e. The second-order valence-electron chi connectivity index (χ2n) is 4.26. The molecule has 4 nitrogen and oxygen atoms in total. The minimum atomic E-state index is -0.936. The predicted molar refractivity (Wildman–Crippen MR) is 65.9 cm³/mol. The van der Waals surface area contributed by atoms with Gasteiger partial charge in [0.2, 0.25) is 0 Å². The van der Waals surface area contributed by atoms with Crippen LogP contribution in [0.3, 0.4) is 0 Å². The van der Waals surface area contributed by atoms with Crippen LogP contribution in [0.1, 0.15) is 18.9 Å². The molecule has 1 atom stereocenters. The van der Waals surface area contributed by atoms with E-state index < -0.39 is 5.54 Å². The van der Waals surface area contributed by atoms with Crippen molar-refractivity contribution in [3.8, 4) is 5.75 Å². The summed E-state index contributed by atoms with van der Waals surface area (Å²) in [5.74, 6) is 0.434. The molecular formula is C13H19NO3. The number of benzene rings is 1. The summed E-state index contributed by atoms with van der Waals surface area (Å²) in [4.78, 5) is 11.4. The van der Waals surface area contributed by atoms with E-state index in [9.17, 15) is 4.79 Å². The molecule has 17 heavy (non-hydrogen) atoms. The second-order valence-corrected chi connectivity index (χ2v) is 4.26. The van der Waals surface area contributed by atoms with E-state index in [0.29, 0.717) is 6.42 Å². The van der Waals surface area contributed by atoms with Crippen LogP contribution < -0.4 is 10.5 Å². The Hall–Kier alpha value is -1.55. The lowest BCUT2D eigenvalue weighted by Gasteiger charge is -2.21. The van der Waals surface area contributed by atoms with Crippen LogP contribution >= 0.6 is 0 Å². The number of carbonyl (C=O) groups is 1. The van der Waals surface area contributed by atoms with Crippen molar-refractivity contribution in [1.82, 2.24) is 0 Å². The third-order valence-corrected chi connectivity index (χ3v) is 2.74. The summed E-state index contributed by atoms with van der Waals surface area (Å²) in [5.41, 5.74) is 6.06. The summed E-state index contributed by atoms with van der Waals surface area (Å²) in [6.07, 6.45) is 1.28. The molecule has 2 N–H and O–H groups in total. The van der Waals surface area contributed by atoms with Gasteiger partial charge in [0, 0.05) is 0 Å². The SMILES string of the molecule is COC(=O)C(C)(N)CCc1ccc(OC)cc1. The molecule has 0 amide bonds. The maximum Gasteiger partial charge on any atom is 0.325 e. The van der Waals surface area contributed by atoms with Gasteiger partial charge in [-0.1, -0.05) is 12.1 Å². The number of carbonyl (C=O) groups excluding carboxylic acids is 1. The number of ether oxygens (including phenoxy) is 2. The fourth-order valence-corrected chi connectivity index (χ4v) is 1.53. The Balaban J connectivity index is 2.57. The number of nitrogens with two attached hydrogens (primary N) is 1. The summed E-state index contributed by atoms with van der Waals surface area (Å²) in [7, 11) is 2.98. The normalized spacial score (nSPS) is 13.9. The van der Waals surface area contributed by atoms with E-state index in [1.54, 1.807) is 14.0 Å². The first-order valence-electron chi connectivity index (χ1n) is 5.50. The van der Waals surface area contributed by atoms with Gasteiger partial charge in [0.25, 0.3) is 0 Å². The first-order chi connectivity index (χ1) is 7.99. The maximum absolute atomic E-state index is 11.4. The summed E-state index contributed by atoms with van der Waals surface area (Å²) in [6, 6.07) is 7.71. The molecule has 0 radical (unpaired) electrons. The fourth-order valence-electron chi connectivity index (χ4n) is 1.53. The molecule has 1 aromatic rings. The molecule has 0 bridgehead atoms.